The first-order valence-electron chi connectivity index (χ1n) is 7.47. The van der Waals surface area contributed by atoms with Crippen molar-refractivity contribution in [1.82, 2.24) is 0 Å². The Bertz CT molecular complexity index is 674. The highest BCUT2D eigenvalue weighted by atomic mass is 16.4. The molecule has 0 aromatic heterocycles. The molecule has 1 aliphatic heterocycles. The van der Waals surface area contributed by atoms with Crippen LogP contribution in [0.1, 0.15) is 23.2 Å². The first kappa shape index (κ1) is 13.2. The molecule has 22 heavy (non-hydrogen) atoms. The van der Waals surface area contributed by atoms with E-state index in [9.17, 15) is 14.4 Å². The Morgan fingerprint density at radius 3 is 1.86 bits per heavy atom. The molecular weight excluding hydrogens is 282 g/mol. The van der Waals surface area contributed by atoms with Gasteiger partial charge in [0.25, 0.3) is 0 Å². The lowest BCUT2D eigenvalue weighted by Gasteiger charge is -2.38. The third kappa shape index (κ3) is 1.68. The standard InChI is InChI=1S/C17H15NO4/c19-15-13-9-1-2-10(4-3-9)14(13)16(20)18(15)12-7-5-11(6-8-12)17(21)22/h1-2,5-10,13-14H,3-4H2,(H,21,22)/t9-,10-,13-,14-/m1/s1. The van der Waals surface area contributed by atoms with Gasteiger partial charge in [-0.3, -0.25) is 14.5 Å². The SMILES string of the molecule is O=C(O)c1ccc(N2C(=O)[C@H]3[C@H](C2=O)[C@@H]2C=C[C@@H]3CC2)cc1. The van der Waals surface area contributed by atoms with Gasteiger partial charge in [0.15, 0.2) is 0 Å². The zero-order valence-corrected chi connectivity index (χ0v) is 11.8. The molecule has 2 amide bonds. The second kappa shape index (κ2) is 4.53. The molecule has 1 aromatic rings. The quantitative estimate of drug-likeness (QED) is 0.670. The van der Waals surface area contributed by atoms with Gasteiger partial charge < -0.3 is 5.11 Å². The zero-order chi connectivity index (χ0) is 15.4. The summed E-state index contributed by atoms with van der Waals surface area (Å²) in [4.78, 5) is 37.6. The number of carbonyl (C=O) groups excluding carboxylic acids is 2. The van der Waals surface area contributed by atoms with Crippen LogP contribution in [0.2, 0.25) is 0 Å². The maximum absolute atomic E-state index is 12.7. The van der Waals surface area contributed by atoms with Crippen LogP contribution in [-0.2, 0) is 9.59 Å². The van der Waals surface area contributed by atoms with Gasteiger partial charge >= 0.3 is 5.97 Å². The molecule has 5 rings (SSSR count). The van der Waals surface area contributed by atoms with Crippen LogP contribution in [0.25, 0.3) is 0 Å². The molecule has 0 unspecified atom stereocenters. The lowest BCUT2D eigenvalue weighted by atomic mass is 9.63. The Kier molecular flexibility index (Phi) is 2.73. The fourth-order valence-electron chi connectivity index (χ4n) is 4.08. The van der Waals surface area contributed by atoms with Crippen molar-refractivity contribution in [3.8, 4) is 0 Å². The van der Waals surface area contributed by atoms with E-state index in [1.54, 1.807) is 0 Å². The van der Waals surface area contributed by atoms with Crippen LogP contribution in [-0.4, -0.2) is 22.9 Å². The summed E-state index contributed by atoms with van der Waals surface area (Å²) in [6.07, 6.45) is 6.09. The number of carbonyl (C=O) groups is 3. The Hall–Kier alpha value is -2.43. The van der Waals surface area contributed by atoms with Gasteiger partial charge in [-0.05, 0) is 48.9 Å². The number of hydrogen-bond acceptors (Lipinski definition) is 3. The van der Waals surface area contributed by atoms with Gasteiger partial charge in [0.1, 0.15) is 0 Å². The molecule has 1 saturated heterocycles. The highest BCUT2D eigenvalue weighted by Crippen LogP contribution is 2.50. The van der Waals surface area contributed by atoms with Gasteiger partial charge in [-0.15, -0.1) is 0 Å². The van der Waals surface area contributed by atoms with Gasteiger partial charge in [-0.25, -0.2) is 4.79 Å². The number of amides is 2. The van der Waals surface area contributed by atoms with Crippen molar-refractivity contribution in [1.29, 1.82) is 0 Å². The van der Waals surface area contributed by atoms with E-state index in [0.29, 0.717) is 5.69 Å². The Morgan fingerprint density at radius 1 is 0.955 bits per heavy atom. The lowest BCUT2D eigenvalue weighted by molar-refractivity contribution is -0.124. The van der Waals surface area contributed by atoms with Crippen molar-refractivity contribution in [3.63, 3.8) is 0 Å². The number of fused-ring (bicyclic) bond motifs is 1. The fourth-order valence-corrected chi connectivity index (χ4v) is 4.08. The van der Waals surface area contributed by atoms with Gasteiger partial charge in [-0.1, -0.05) is 12.2 Å². The summed E-state index contributed by atoms with van der Waals surface area (Å²) in [5.74, 6) is -1.47. The molecule has 2 fully saturated rings. The summed E-state index contributed by atoms with van der Waals surface area (Å²) in [6, 6.07) is 5.91. The van der Waals surface area contributed by atoms with Crippen molar-refractivity contribution >= 4 is 23.5 Å². The number of anilines is 1. The van der Waals surface area contributed by atoms with Crippen LogP contribution in [0.5, 0.6) is 0 Å². The Morgan fingerprint density at radius 2 is 1.45 bits per heavy atom. The van der Waals surface area contributed by atoms with Crippen LogP contribution in [0.3, 0.4) is 0 Å². The van der Waals surface area contributed by atoms with Crippen LogP contribution in [0.15, 0.2) is 36.4 Å². The van der Waals surface area contributed by atoms with E-state index >= 15 is 0 Å². The molecular formula is C17H15NO4. The number of nitrogens with zero attached hydrogens (tertiary/aromatic N) is 1. The largest absolute Gasteiger partial charge is 0.478 e. The molecule has 1 aromatic carbocycles. The second-order valence-electron chi connectivity index (χ2n) is 6.21. The first-order chi connectivity index (χ1) is 10.6. The van der Waals surface area contributed by atoms with E-state index < -0.39 is 5.97 Å². The number of allylic oxidation sites excluding steroid dienone is 2. The Balaban J connectivity index is 1.70. The van der Waals surface area contributed by atoms with Gasteiger partial charge in [-0.2, -0.15) is 0 Å². The highest BCUT2D eigenvalue weighted by molar-refractivity contribution is 6.22. The number of hydrogen-bond donors (Lipinski definition) is 1. The summed E-state index contributed by atoms with van der Waals surface area (Å²) in [5.41, 5.74) is 0.607. The monoisotopic (exact) mass is 297 g/mol. The second-order valence-corrected chi connectivity index (χ2v) is 6.21. The van der Waals surface area contributed by atoms with E-state index in [4.69, 9.17) is 5.11 Å². The van der Waals surface area contributed by atoms with Crippen molar-refractivity contribution in [3.05, 3.63) is 42.0 Å². The number of carboxylic acid groups (broad SMARTS) is 1. The zero-order valence-electron chi connectivity index (χ0n) is 11.8. The van der Waals surface area contributed by atoms with E-state index in [-0.39, 0.29) is 41.0 Å². The van der Waals surface area contributed by atoms with Crippen LogP contribution in [0.4, 0.5) is 5.69 Å². The first-order valence-corrected chi connectivity index (χ1v) is 7.47. The van der Waals surface area contributed by atoms with Gasteiger partial charge in [0.2, 0.25) is 11.8 Å². The maximum atomic E-state index is 12.7. The summed E-state index contributed by atoms with van der Waals surface area (Å²) in [6.45, 7) is 0. The van der Waals surface area contributed by atoms with Gasteiger partial charge in [0.05, 0.1) is 23.1 Å². The van der Waals surface area contributed by atoms with E-state index in [2.05, 4.69) is 12.2 Å². The van der Waals surface area contributed by atoms with E-state index in [1.807, 2.05) is 0 Å². The normalized spacial score (nSPS) is 32.5. The van der Waals surface area contributed by atoms with E-state index in [1.165, 1.54) is 29.2 Å². The molecule has 2 bridgehead atoms. The highest BCUT2D eigenvalue weighted by Gasteiger charge is 2.56. The third-order valence-electron chi connectivity index (χ3n) is 5.13. The minimum atomic E-state index is -1.03. The van der Waals surface area contributed by atoms with Crippen LogP contribution < -0.4 is 4.90 Å². The number of aromatic carboxylic acids is 1. The lowest BCUT2D eigenvalue weighted by Crippen LogP contribution is -2.38. The molecule has 5 heteroatoms. The predicted octanol–water partition coefficient (Wildman–Crippen LogP) is 2.09. The Labute approximate surface area is 127 Å². The number of rotatable bonds is 2. The van der Waals surface area contributed by atoms with Crippen LogP contribution >= 0.6 is 0 Å². The predicted molar refractivity (Wildman–Crippen MR) is 78.2 cm³/mol. The number of benzene rings is 1. The summed E-state index contributed by atoms with van der Waals surface area (Å²) >= 11 is 0. The summed E-state index contributed by atoms with van der Waals surface area (Å²) in [7, 11) is 0. The van der Waals surface area contributed by atoms with Crippen molar-refractivity contribution in [2.45, 2.75) is 12.8 Å². The maximum Gasteiger partial charge on any atom is 0.335 e. The molecule has 1 saturated carbocycles. The topological polar surface area (TPSA) is 74.7 Å². The van der Waals surface area contributed by atoms with Crippen molar-refractivity contribution in [2.24, 2.45) is 23.7 Å². The number of carboxylic acids is 1. The fraction of sp³-hybridized carbons (Fsp3) is 0.353. The molecule has 112 valence electrons. The summed E-state index contributed by atoms with van der Waals surface area (Å²) < 4.78 is 0. The third-order valence-corrected chi connectivity index (χ3v) is 5.13. The smallest absolute Gasteiger partial charge is 0.335 e. The average molecular weight is 297 g/mol. The minimum absolute atomic E-state index is 0.141. The van der Waals surface area contributed by atoms with E-state index in [0.717, 1.165) is 12.8 Å². The molecule has 4 aliphatic rings. The molecule has 5 nitrogen and oxygen atoms in total. The number of imide groups is 1. The molecule has 3 aliphatic carbocycles. The molecule has 1 N–H and O–H groups in total. The molecule has 0 radical (unpaired) electrons. The van der Waals surface area contributed by atoms with Crippen molar-refractivity contribution in [2.75, 3.05) is 4.90 Å². The molecule has 4 atom stereocenters. The van der Waals surface area contributed by atoms with Gasteiger partial charge in [0, 0.05) is 0 Å². The summed E-state index contributed by atoms with van der Waals surface area (Å²) in [5, 5.41) is 8.94. The average Bonchev–Trinajstić information content (AvgIpc) is 2.82. The molecule has 1 heterocycles. The minimum Gasteiger partial charge on any atom is -0.478 e. The van der Waals surface area contributed by atoms with Crippen molar-refractivity contribution < 1.29 is 19.5 Å². The van der Waals surface area contributed by atoms with Crippen LogP contribution in [0, 0.1) is 23.7 Å². The molecule has 0 spiro atoms.